The van der Waals surface area contributed by atoms with E-state index in [-0.39, 0.29) is 5.88 Å². The van der Waals surface area contributed by atoms with Crippen molar-refractivity contribution in [3.05, 3.63) is 23.9 Å². The highest BCUT2D eigenvalue weighted by Crippen LogP contribution is 2.28. The van der Waals surface area contributed by atoms with Crippen molar-refractivity contribution in [1.29, 1.82) is 0 Å². The average molecular weight is 177 g/mol. The van der Waals surface area contributed by atoms with Gasteiger partial charge in [-0.1, -0.05) is 0 Å². The van der Waals surface area contributed by atoms with Gasteiger partial charge in [-0.05, 0) is 6.07 Å². The lowest BCUT2D eigenvalue weighted by Crippen LogP contribution is -2.05. The molecule has 1 aromatic rings. The number of rotatable bonds is 1. The molecule has 1 rings (SSSR count). The molecule has 0 radical (unpaired) electrons. The molecule has 12 heavy (non-hydrogen) atoms. The largest absolute Gasteiger partial charge is 0.481 e. The molecule has 0 spiro atoms. The van der Waals surface area contributed by atoms with Crippen LogP contribution in [0.3, 0.4) is 0 Å². The van der Waals surface area contributed by atoms with Crippen LogP contribution < -0.4 is 4.74 Å². The maximum atomic E-state index is 11.9. The molecule has 0 aliphatic rings. The second-order valence-electron chi connectivity index (χ2n) is 2.09. The summed E-state index contributed by atoms with van der Waals surface area (Å²) in [6.45, 7) is 0. The number of methoxy groups -OCH3 is 1. The molecule has 0 saturated carbocycles. The summed E-state index contributed by atoms with van der Waals surface area (Å²) in [6.07, 6.45) is -3.60. The molecule has 2 nitrogen and oxygen atoms in total. The monoisotopic (exact) mass is 177 g/mol. The fourth-order valence-corrected chi connectivity index (χ4v) is 0.669. The Morgan fingerprint density at radius 1 is 1.33 bits per heavy atom. The smallest absolute Gasteiger partial charge is 0.417 e. The van der Waals surface area contributed by atoms with E-state index in [0.717, 1.165) is 12.3 Å². The fraction of sp³-hybridized carbons (Fsp3) is 0.286. The lowest BCUT2D eigenvalue weighted by molar-refractivity contribution is -0.137. The van der Waals surface area contributed by atoms with Crippen molar-refractivity contribution in [3.8, 4) is 5.88 Å². The summed E-state index contributed by atoms with van der Waals surface area (Å²) in [5.41, 5.74) is -0.775. The molecule has 0 fully saturated rings. The molecule has 0 N–H and O–H groups in total. The topological polar surface area (TPSA) is 22.1 Å². The van der Waals surface area contributed by atoms with E-state index in [1.807, 2.05) is 0 Å². The minimum atomic E-state index is -4.33. The van der Waals surface area contributed by atoms with E-state index in [9.17, 15) is 13.2 Å². The van der Waals surface area contributed by atoms with Crippen molar-refractivity contribution in [2.75, 3.05) is 7.11 Å². The Bertz CT molecular complexity index is 254. The standard InChI is InChI=1S/C7H6F3NO/c1-12-6-3-2-5(4-11-6)7(8,9)10/h2-4H,1H3. The molecule has 0 aliphatic heterocycles. The van der Waals surface area contributed by atoms with Crippen molar-refractivity contribution in [3.63, 3.8) is 0 Å². The third kappa shape index (κ3) is 1.87. The van der Waals surface area contributed by atoms with Crippen LogP contribution in [-0.4, -0.2) is 12.1 Å². The molecule has 0 aliphatic carbocycles. The Hall–Kier alpha value is -1.26. The summed E-state index contributed by atoms with van der Waals surface area (Å²) in [6, 6.07) is 2.09. The van der Waals surface area contributed by atoms with Crippen LogP contribution in [0.25, 0.3) is 0 Å². The third-order valence-electron chi connectivity index (χ3n) is 1.27. The highest BCUT2D eigenvalue weighted by Gasteiger charge is 2.30. The molecule has 66 valence electrons. The Labute approximate surface area is 67.0 Å². The molecule has 1 heterocycles. The summed E-state index contributed by atoms with van der Waals surface area (Å²) in [5.74, 6) is 0.169. The van der Waals surface area contributed by atoms with Crippen LogP contribution in [0.2, 0.25) is 0 Å². The molecule has 1 aromatic heterocycles. The normalized spacial score (nSPS) is 11.3. The number of alkyl halides is 3. The van der Waals surface area contributed by atoms with Gasteiger partial charge in [-0.3, -0.25) is 0 Å². The molecule has 0 unspecified atom stereocenters. The zero-order chi connectivity index (χ0) is 9.19. The van der Waals surface area contributed by atoms with E-state index < -0.39 is 11.7 Å². The van der Waals surface area contributed by atoms with Crippen LogP contribution in [0.15, 0.2) is 18.3 Å². The van der Waals surface area contributed by atoms with Gasteiger partial charge in [0, 0.05) is 12.3 Å². The lowest BCUT2D eigenvalue weighted by Gasteiger charge is -2.05. The van der Waals surface area contributed by atoms with Crippen LogP contribution in [-0.2, 0) is 6.18 Å². The zero-order valence-electron chi connectivity index (χ0n) is 6.22. The molecule has 0 aromatic carbocycles. The summed E-state index contributed by atoms with van der Waals surface area (Å²) < 4.78 is 40.4. The minimum Gasteiger partial charge on any atom is -0.481 e. The van der Waals surface area contributed by atoms with E-state index in [2.05, 4.69) is 9.72 Å². The first-order valence-electron chi connectivity index (χ1n) is 3.11. The molecule has 5 heteroatoms. The Morgan fingerprint density at radius 3 is 2.33 bits per heavy atom. The lowest BCUT2D eigenvalue weighted by atomic mass is 10.3. The van der Waals surface area contributed by atoms with E-state index in [1.54, 1.807) is 0 Å². The first-order chi connectivity index (χ1) is 5.54. The molecular formula is C7H6F3NO. The summed E-state index contributed by atoms with van der Waals surface area (Å²) in [4.78, 5) is 3.42. The first-order valence-corrected chi connectivity index (χ1v) is 3.11. The number of hydrogen-bond acceptors (Lipinski definition) is 2. The van der Waals surface area contributed by atoms with Gasteiger partial charge in [-0.2, -0.15) is 13.2 Å². The van der Waals surface area contributed by atoms with Crippen LogP contribution in [0.1, 0.15) is 5.56 Å². The number of halogens is 3. The number of nitrogens with zero attached hydrogens (tertiary/aromatic N) is 1. The van der Waals surface area contributed by atoms with E-state index in [4.69, 9.17) is 0 Å². The molecule has 0 atom stereocenters. The van der Waals surface area contributed by atoms with Gasteiger partial charge in [0.25, 0.3) is 0 Å². The van der Waals surface area contributed by atoms with E-state index in [1.165, 1.54) is 13.2 Å². The highest BCUT2D eigenvalue weighted by molar-refractivity contribution is 5.19. The van der Waals surface area contributed by atoms with Crippen LogP contribution in [0.5, 0.6) is 5.88 Å². The quantitative estimate of drug-likeness (QED) is 0.655. The zero-order valence-corrected chi connectivity index (χ0v) is 6.22. The number of aromatic nitrogens is 1. The Balaban J connectivity index is 2.93. The summed E-state index contributed by atoms with van der Waals surface area (Å²) in [5, 5.41) is 0. The second-order valence-corrected chi connectivity index (χ2v) is 2.09. The average Bonchev–Trinajstić information content (AvgIpc) is 2.03. The van der Waals surface area contributed by atoms with Gasteiger partial charge >= 0.3 is 6.18 Å². The van der Waals surface area contributed by atoms with Crippen molar-refractivity contribution in [2.45, 2.75) is 6.18 Å². The summed E-state index contributed by atoms with van der Waals surface area (Å²) in [7, 11) is 1.34. The molecule has 0 saturated heterocycles. The van der Waals surface area contributed by atoms with Gasteiger partial charge in [-0.25, -0.2) is 4.98 Å². The SMILES string of the molecule is COc1ccc(C(F)(F)F)cn1. The van der Waals surface area contributed by atoms with Crippen LogP contribution >= 0.6 is 0 Å². The molecule has 0 bridgehead atoms. The van der Waals surface area contributed by atoms with Gasteiger partial charge in [0.05, 0.1) is 12.7 Å². The van der Waals surface area contributed by atoms with E-state index in [0.29, 0.717) is 0 Å². The maximum absolute atomic E-state index is 11.9. The van der Waals surface area contributed by atoms with Crippen molar-refractivity contribution in [2.24, 2.45) is 0 Å². The van der Waals surface area contributed by atoms with Gasteiger partial charge in [0.15, 0.2) is 0 Å². The minimum absolute atomic E-state index is 0.169. The predicted molar refractivity (Wildman–Crippen MR) is 35.8 cm³/mol. The Morgan fingerprint density at radius 2 is 2.00 bits per heavy atom. The van der Waals surface area contributed by atoms with E-state index >= 15 is 0 Å². The van der Waals surface area contributed by atoms with Crippen molar-refractivity contribution in [1.82, 2.24) is 4.98 Å². The maximum Gasteiger partial charge on any atom is 0.417 e. The number of pyridine rings is 1. The van der Waals surface area contributed by atoms with Gasteiger partial charge < -0.3 is 4.74 Å². The number of hydrogen-bond donors (Lipinski definition) is 0. The van der Waals surface area contributed by atoms with Gasteiger partial charge in [0.1, 0.15) is 0 Å². The fourth-order valence-electron chi connectivity index (χ4n) is 0.669. The third-order valence-corrected chi connectivity index (χ3v) is 1.27. The van der Waals surface area contributed by atoms with Crippen LogP contribution in [0.4, 0.5) is 13.2 Å². The van der Waals surface area contributed by atoms with Gasteiger partial charge in [0.2, 0.25) is 5.88 Å². The van der Waals surface area contributed by atoms with Crippen molar-refractivity contribution >= 4 is 0 Å². The Kier molecular flexibility index (Phi) is 2.21. The predicted octanol–water partition coefficient (Wildman–Crippen LogP) is 2.11. The first kappa shape index (κ1) is 8.83. The molecular weight excluding hydrogens is 171 g/mol. The second kappa shape index (κ2) is 3.00. The molecule has 0 amide bonds. The van der Waals surface area contributed by atoms with Gasteiger partial charge in [-0.15, -0.1) is 0 Å². The summed E-state index contributed by atoms with van der Waals surface area (Å²) >= 11 is 0. The van der Waals surface area contributed by atoms with Crippen molar-refractivity contribution < 1.29 is 17.9 Å². The number of ether oxygens (including phenoxy) is 1. The van der Waals surface area contributed by atoms with Crippen LogP contribution in [0, 0.1) is 0 Å². The highest BCUT2D eigenvalue weighted by atomic mass is 19.4.